The first-order valence-corrected chi connectivity index (χ1v) is 15.0. The van der Waals surface area contributed by atoms with Gasteiger partial charge < -0.3 is 9.30 Å². The highest BCUT2D eigenvalue weighted by Gasteiger charge is 2.19. The van der Waals surface area contributed by atoms with Crippen molar-refractivity contribution in [3.05, 3.63) is 128 Å². The van der Waals surface area contributed by atoms with Crippen molar-refractivity contribution < 1.29 is 4.74 Å². The minimum absolute atomic E-state index is 0.758. The van der Waals surface area contributed by atoms with Gasteiger partial charge in [-0.15, -0.1) is 11.3 Å². The van der Waals surface area contributed by atoms with Crippen LogP contribution in [0, 0.1) is 0 Å². The highest BCUT2D eigenvalue weighted by atomic mass is 32.1. The van der Waals surface area contributed by atoms with Crippen molar-refractivity contribution in [2.45, 2.75) is 0 Å². The lowest BCUT2D eigenvalue weighted by Crippen LogP contribution is -1.96. The molecule has 6 heteroatoms. The molecule has 0 saturated carbocycles. The molecule has 204 valence electrons. The molecule has 0 spiro atoms. The number of hydrogen-bond donors (Lipinski definition) is 0. The highest BCUT2D eigenvalue weighted by molar-refractivity contribution is 7.26. The lowest BCUT2D eigenvalue weighted by molar-refractivity contribution is 0.482. The molecule has 0 unspecified atom stereocenters. The van der Waals surface area contributed by atoms with Gasteiger partial charge >= 0.3 is 0 Å². The van der Waals surface area contributed by atoms with Crippen molar-refractivity contribution in [2.75, 3.05) is 0 Å². The lowest BCUT2D eigenvalue weighted by atomic mass is 10.1. The Balaban J connectivity index is 1.18. The molecule has 0 saturated heterocycles. The molecule has 9 aromatic rings. The standard InChI is InChI=1S/C37H24N4OS/c1-40-32-16-4-3-15-31(32)39-36(40)23-9-6-11-25(21-23)42-26-12-7-10-24(22-26)41-34-28(30-14-8-20-38-37(30)41)18-19-29-27-13-2-5-17-33(27)43-35(29)34/h2-22H,1H3. The summed E-state index contributed by atoms with van der Waals surface area (Å²) in [5.41, 5.74) is 6.20. The zero-order chi connectivity index (χ0) is 28.5. The summed E-state index contributed by atoms with van der Waals surface area (Å²) >= 11 is 1.84. The summed E-state index contributed by atoms with van der Waals surface area (Å²) in [5, 5.41) is 4.89. The predicted molar refractivity (Wildman–Crippen MR) is 178 cm³/mol. The molecule has 0 aliphatic carbocycles. The number of imidazole rings is 1. The Kier molecular flexibility index (Phi) is 5.21. The van der Waals surface area contributed by atoms with Gasteiger partial charge in [-0.3, -0.25) is 4.57 Å². The van der Waals surface area contributed by atoms with Crippen LogP contribution >= 0.6 is 11.3 Å². The van der Waals surface area contributed by atoms with Gasteiger partial charge in [-0.25, -0.2) is 9.97 Å². The largest absolute Gasteiger partial charge is 0.457 e. The number of ether oxygens (including phenoxy) is 1. The third-order valence-corrected chi connectivity index (χ3v) is 9.42. The maximum Gasteiger partial charge on any atom is 0.145 e. The van der Waals surface area contributed by atoms with E-state index in [4.69, 9.17) is 14.7 Å². The van der Waals surface area contributed by atoms with Crippen LogP contribution in [-0.4, -0.2) is 19.1 Å². The number of aryl methyl sites for hydroxylation is 1. The Labute approximate surface area is 250 Å². The van der Waals surface area contributed by atoms with Gasteiger partial charge in [0.25, 0.3) is 0 Å². The first-order valence-electron chi connectivity index (χ1n) is 14.2. The zero-order valence-corrected chi connectivity index (χ0v) is 24.0. The second kappa shape index (κ2) is 9.28. The van der Waals surface area contributed by atoms with Gasteiger partial charge in [0.2, 0.25) is 0 Å². The van der Waals surface area contributed by atoms with Gasteiger partial charge in [0, 0.05) is 51.1 Å². The molecule has 0 fully saturated rings. The molecule has 4 heterocycles. The molecule has 0 N–H and O–H groups in total. The minimum atomic E-state index is 0.758. The number of nitrogens with zero attached hydrogens (tertiary/aromatic N) is 4. The van der Waals surface area contributed by atoms with Crippen molar-refractivity contribution in [1.82, 2.24) is 19.1 Å². The molecular weight excluding hydrogens is 549 g/mol. The van der Waals surface area contributed by atoms with Gasteiger partial charge in [0.15, 0.2) is 0 Å². The fraction of sp³-hybridized carbons (Fsp3) is 0.0270. The Bertz CT molecular complexity index is 2520. The molecule has 4 aromatic heterocycles. The van der Waals surface area contributed by atoms with E-state index < -0.39 is 0 Å². The van der Waals surface area contributed by atoms with E-state index in [1.54, 1.807) is 0 Å². The predicted octanol–water partition coefficient (Wildman–Crippen LogP) is 9.89. The first kappa shape index (κ1) is 24.2. The van der Waals surface area contributed by atoms with E-state index in [1.807, 2.05) is 66.1 Å². The summed E-state index contributed by atoms with van der Waals surface area (Å²) in [6.07, 6.45) is 1.87. The average molecular weight is 573 g/mol. The second-order valence-corrected chi connectivity index (χ2v) is 11.8. The van der Waals surface area contributed by atoms with Gasteiger partial charge in [-0.05, 0) is 54.6 Å². The summed E-state index contributed by atoms with van der Waals surface area (Å²) in [5.74, 6) is 2.42. The van der Waals surface area contributed by atoms with E-state index in [9.17, 15) is 0 Å². The lowest BCUT2D eigenvalue weighted by Gasteiger charge is -2.12. The third kappa shape index (κ3) is 3.70. The monoisotopic (exact) mass is 572 g/mol. The summed E-state index contributed by atoms with van der Waals surface area (Å²) in [6, 6.07) is 41.9. The maximum absolute atomic E-state index is 6.48. The fourth-order valence-electron chi connectivity index (χ4n) is 6.28. The molecule has 9 rings (SSSR count). The van der Waals surface area contributed by atoms with E-state index in [0.717, 1.165) is 50.6 Å². The fourth-order valence-corrected chi connectivity index (χ4v) is 7.52. The van der Waals surface area contributed by atoms with Crippen molar-refractivity contribution in [1.29, 1.82) is 0 Å². The summed E-state index contributed by atoms with van der Waals surface area (Å²) in [4.78, 5) is 9.73. The Morgan fingerprint density at radius 2 is 1.47 bits per heavy atom. The van der Waals surface area contributed by atoms with Gasteiger partial charge in [0.05, 0.1) is 26.9 Å². The average Bonchev–Trinajstić information content (AvgIpc) is 3.71. The molecule has 0 radical (unpaired) electrons. The summed E-state index contributed by atoms with van der Waals surface area (Å²) in [7, 11) is 2.05. The smallest absolute Gasteiger partial charge is 0.145 e. The number of aromatic nitrogens is 4. The number of rotatable bonds is 4. The van der Waals surface area contributed by atoms with Crippen molar-refractivity contribution in [2.24, 2.45) is 7.05 Å². The molecule has 5 aromatic carbocycles. The molecule has 0 atom stereocenters. The zero-order valence-electron chi connectivity index (χ0n) is 23.2. The highest BCUT2D eigenvalue weighted by Crippen LogP contribution is 2.42. The minimum Gasteiger partial charge on any atom is -0.457 e. The van der Waals surface area contributed by atoms with Crippen molar-refractivity contribution >= 4 is 64.5 Å². The van der Waals surface area contributed by atoms with E-state index in [-0.39, 0.29) is 0 Å². The third-order valence-electron chi connectivity index (χ3n) is 8.22. The number of pyridine rings is 1. The molecule has 0 aliphatic rings. The van der Waals surface area contributed by atoms with Crippen LogP contribution in [0.5, 0.6) is 11.5 Å². The van der Waals surface area contributed by atoms with E-state index >= 15 is 0 Å². The topological polar surface area (TPSA) is 44.9 Å². The number of thiophene rings is 1. The van der Waals surface area contributed by atoms with Crippen LogP contribution in [-0.2, 0) is 7.05 Å². The van der Waals surface area contributed by atoms with E-state index in [1.165, 1.54) is 31.1 Å². The Morgan fingerprint density at radius 3 is 2.40 bits per heavy atom. The molecular formula is C37H24N4OS. The molecule has 43 heavy (non-hydrogen) atoms. The molecule has 0 aliphatic heterocycles. The number of para-hydroxylation sites is 2. The van der Waals surface area contributed by atoms with Crippen molar-refractivity contribution in [3.8, 4) is 28.6 Å². The van der Waals surface area contributed by atoms with Crippen LogP contribution < -0.4 is 4.74 Å². The van der Waals surface area contributed by atoms with Crippen LogP contribution in [0.25, 0.3) is 70.2 Å². The molecule has 5 nitrogen and oxygen atoms in total. The molecule has 0 amide bonds. The number of hydrogen-bond acceptors (Lipinski definition) is 4. The van der Waals surface area contributed by atoms with Gasteiger partial charge in [-0.2, -0.15) is 0 Å². The SMILES string of the molecule is Cn1c(-c2cccc(Oc3cccc(-n4c5ncccc5c5ccc6c7ccccc7sc6c54)c3)c2)nc2ccccc21. The normalized spacial score (nSPS) is 11.8. The van der Waals surface area contributed by atoms with Crippen LogP contribution in [0.3, 0.4) is 0 Å². The van der Waals surface area contributed by atoms with Crippen LogP contribution in [0.2, 0.25) is 0 Å². The van der Waals surface area contributed by atoms with Crippen LogP contribution in [0.4, 0.5) is 0 Å². The summed E-state index contributed by atoms with van der Waals surface area (Å²) < 4.78 is 13.4. The van der Waals surface area contributed by atoms with Crippen LogP contribution in [0.15, 0.2) is 128 Å². The number of fused-ring (bicyclic) bond motifs is 8. The quantitative estimate of drug-likeness (QED) is 0.211. The second-order valence-electron chi connectivity index (χ2n) is 10.8. The molecule has 0 bridgehead atoms. The van der Waals surface area contributed by atoms with Gasteiger partial charge in [-0.1, -0.05) is 60.7 Å². The Morgan fingerprint density at radius 1 is 0.674 bits per heavy atom. The maximum atomic E-state index is 6.48. The Hall–Kier alpha value is -5.46. The number of benzene rings is 5. The van der Waals surface area contributed by atoms with Crippen molar-refractivity contribution in [3.63, 3.8) is 0 Å². The summed E-state index contributed by atoms with van der Waals surface area (Å²) in [6.45, 7) is 0. The van der Waals surface area contributed by atoms with E-state index in [2.05, 4.69) is 89.0 Å². The first-order chi connectivity index (χ1) is 21.2. The van der Waals surface area contributed by atoms with Crippen LogP contribution in [0.1, 0.15) is 0 Å². The van der Waals surface area contributed by atoms with E-state index in [0.29, 0.717) is 0 Å². The van der Waals surface area contributed by atoms with Gasteiger partial charge in [0.1, 0.15) is 23.0 Å².